The van der Waals surface area contributed by atoms with E-state index in [9.17, 15) is 4.79 Å². The fraction of sp³-hybridized carbons (Fsp3) is 0.364. The van der Waals surface area contributed by atoms with E-state index in [0.717, 1.165) is 24.1 Å². The highest BCUT2D eigenvalue weighted by Crippen LogP contribution is 2.27. The molecule has 0 saturated carbocycles. The van der Waals surface area contributed by atoms with Gasteiger partial charge in [-0.3, -0.25) is 4.79 Å². The van der Waals surface area contributed by atoms with E-state index < -0.39 is 0 Å². The normalized spacial score (nSPS) is 13.2. The van der Waals surface area contributed by atoms with Crippen molar-refractivity contribution in [2.45, 2.75) is 39.2 Å². The molecule has 0 aromatic heterocycles. The van der Waals surface area contributed by atoms with Gasteiger partial charge in [-0.2, -0.15) is 0 Å². The molecule has 150 valence electrons. The summed E-state index contributed by atoms with van der Waals surface area (Å²) in [6.45, 7) is 3.25. The molecule has 0 unspecified atom stereocenters. The molecule has 5 nitrogen and oxygen atoms in total. The molecule has 2 aromatic carbocycles. The molecule has 0 fully saturated rings. The van der Waals surface area contributed by atoms with Gasteiger partial charge in [0.1, 0.15) is 6.54 Å². The van der Waals surface area contributed by atoms with Crippen molar-refractivity contribution in [3.63, 3.8) is 0 Å². The number of anilines is 1. The number of halogens is 1. The number of carbonyl (C=O) groups is 1. The van der Waals surface area contributed by atoms with Crippen LogP contribution >= 0.6 is 24.0 Å². The van der Waals surface area contributed by atoms with Gasteiger partial charge in [0, 0.05) is 18.8 Å². The number of benzene rings is 2. The molecule has 0 atom stereocenters. The minimum absolute atomic E-state index is 0. The number of aryl methyl sites for hydroxylation is 1. The second-order valence-corrected chi connectivity index (χ2v) is 6.87. The van der Waals surface area contributed by atoms with Crippen LogP contribution in [0.5, 0.6) is 0 Å². The van der Waals surface area contributed by atoms with Crippen molar-refractivity contribution in [2.75, 3.05) is 18.4 Å². The average molecular weight is 492 g/mol. The van der Waals surface area contributed by atoms with Gasteiger partial charge >= 0.3 is 0 Å². The van der Waals surface area contributed by atoms with Gasteiger partial charge in [-0.15, -0.1) is 24.0 Å². The SMILES string of the molecule is CCN(Cc1ccccc1)C(=O)CN=C(N)Nc1cccc2c1CCCC2.I. The number of likely N-dealkylation sites (N-methyl/N-ethyl adjacent to an activating group) is 1. The Kier molecular flexibility index (Phi) is 8.76. The van der Waals surface area contributed by atoms with E-state index in [0.29, 0.717) is 13.1 Å². The molecule has 2 aromatic rings. The number of nitrogens with two attached hydrogens (primary N) is 1. The summed E-state index contributed by atoms with van der Waals surface area (Å²) in [5, 5.41) is 3.19. The van der Waals surface area contributed by atoms with Crippen LogP contribution in [0.1, 0.15) is 36.5 Å². The molecule has 1 aliphatic carbocycles. The number of amides is 1. The van der Waals surface area contributed by atoms with Crippen LogP contribution in [0, 0.1) is 0 Å². The molecular weight excluding hydrogens is 463 g/mol. The first-order valence-corrected chi connectivity index (χ1v) is 9.66. The van der Waals surface area contributed by atoms with E-state index in [1.54, 1.807) is 4.90 Å². The first-order valence-electron chi connectivity index (χ1n) is 9.66. The number of aliphatic imine (C=N–C) groups is 1. The Labute approximate surface area is 184 Å². The monoisotopic (exact) mass is 492 g/mol. The summed E-state index contributed by atoms with van der Waals surface area (Å²) in [6.07, 6.45) is 4.62. The van der Waals surface area contributed by atoms with Crippen molar-refractivity contribution in [1.29, 1.82) is 0 Å². The van der Waals surface area contributed by atoms with Gasteiger partial charge in [0.25, 0.3) is 0 Å². The molecule has 1 aliphatic rings. The lowest BCUT2D eigenvalue weighted by Gasteiger charge is -2.21. The molecule has 3 rings (SSSR count). The Morgan fingerprint density at radius 3 is 2.61 bits per heavy atom. The zero-order valence-electron chi connectivity index (χ0n) is 16.4. The number of nitrogens with zero attached hydrogens (tertiary/aromatic N) is 2. The third-order valence-corrected chi connectivity index (χ3v) is 4.99. The second kappa shape index (κ2) is 11.0. The first kappa shape index (κ1) is 22.2. The molecule has 28 heavy (non-hydrogen) atoms. The number of carbonyl (C=O) groups excluding carboxylic acids is 1. The highest BCUT2D eigenvalue weighted by molar-refractivity contribution is 14.0. The van der Waals surface area contributed by atoms with Gasteiger partial charge in [0.2, 0.25) is 5.91 Å². The summed E-state index contributed by atoms with van der Waals surface area (Å²) in [5.41, 5.74) is 10.9. The fourth-order valence-corrected chi connectivity index (χ4v) is 3.51. The van der Waals surface area contributed by atoms with Gasteiger partial charge in [-0.25, -0.2) is 4.99 Å². The number of rotatable bonds is 6. The fourth-order valence-electron chi connectivity index (χ4n) is 3.51. The van der Waals surface area contributed by atoms with Crippen LogP contribution in [0.3, 0.4) is 0 Å². The Bertz CT molecular complexity index is 807. The number of hydrogen-bond acceptors (Lipinski definition) is 2. The third-order valence-electron chi connectivity index (χ3n) is 4.99. The van der Waals surface area contributed by atoms with Crippen LogP contribution < -0.4 is 11.1 Å². The Balaban J connectivity index is 0.00000280. The van der Waals surface area contributed by atoms with E-state index >= 15 is 0 Å². The lowest BCUT2D eigenvalue weighted by molar-refractivity contribution is -0.130. The highest BCUT2D eigenvalue weighted by atomic mass is 127. The van der Waals surface area contributed by atoms with Gasteiger partial charge in [-0.05, 0) is 55.4 Å². The second-order valence-electron chi connectivity index (χ2n) is 6.87. The van der Waals surface area contributed by atoms with Crippen molar-refractivity contribution in [1.82, 2.24) is 4.90 Å². The summed E-state index contributed by atoms with van der Waals surface area (Å²) in [5.74, 6) is 0.263. The van der Waals surface area contributed by atoms with Crippen LogP contribution in [0.25, 0.3) is 0 Å². The van der Waals surface area contributed by atoms with E-state index in [2.05, 4.69) is 16.4 Å². The predicted octanol–water partition coefficient (Wildman–Crippen LogP) is 3.96. The molecule has 6 heteroatoms. The first-order chi connectivity index (χ1) is 13.2. The van der Waals surface area contributed by atoms with Crippen LogP contribution in [0.2, 0.25) is 0 Å². The van der Waals surface area contributed by atoms with E-state index in [4.69, 9.17) is 5.73 Å². The van der Waals surface area contributed by atoms with Crippen LogP contribution in [0.4, 0.5) is 5.69 Å². The smallest absolute Gasteiger partial charge is 0.244 e. The molecule has 0 aliphatic heterocycles. The molecular formula is C22H29IN4O. The number of fused-ring (bicyclic) bond motifs is 1. The van der Waals surface area contributed by atoms with Crippen molar-refractivity contribution in [2.24, 2.45) is 10.7 Å². The summed E-state index contributed by atoms with van der Waals surface area (Å²) in [4.78, 5) is 18.6. The molecule has 0 saturated heterocycles. The largest absolute Gasteiger partial charge is 0.370 e. The summed E-state index contributed by atoms with van der Waals surface area (Å²) in [6, 6.07) is 16.2. The van der Waals surface area contributed by atoms with Crippen molar-refractivity contribution in [3.8, 4) is 0 Å². The highest BCUT2D eigenvalue weighted by Gasteiger charge is 2.14. The van der Waals surface area contributed by atoms with Gasteiger partial charge in [-0.1, -0.05) is 42.5 Å². The lowest BCUT2D eigenvalue weighted by Crippen LogP contribution is -2.33. The Morgan fingerprint density at radius 1 is 1.11 bits per heavy atom. The van der Waals surface area contributed by atoms with Crippen molar-refractivity contribution >= 4 is 41.5 Å². The number of guanidine groups is 1. The maximum Gasteiger partial charge on any atom is 0.244 e. The van der Waals surface area contributed by atoms with Crippen LogP contribution in [-0.4, -0.2) is 29.9 Å². The third kappa shape index (κ3) is 5.95. The van der Waals surface area contributed by atoms with E-state index in [-0.39, 0.29) is 42.4 Å². The summed E-state index contributed by atoms with van der Waals surface area (Å²) >= 11 is 0. The summed E-state index contributed by atoms with van der Waals surface area (Å²) in [7, 11) is 0. The molecule has 0 spiro atoms. The predicted molar refractivity (Wildman–Crippen MR) is 126 cm³/mol. The molecule has 0 radical (unpaired) electrons. The number of nitrogens with one attached hydrogen (secondary N) is 1. The maximum absolute atomic E-state index is 12.5. The van der Waals surface area contributed by atoms with Gasteiger partial charge in [0.05, 0.1) is 0 Å². The zero-order valence-corrected chi connectivity index (χ0v) is 18.7. The standard InChI is InChI=1S/C22H28N4O.HI/c1-2-26(16-17-9-4-3-5-10-17)21(27)15-24-22(23)25-20-14-8-12-18-11-6-7-13-19(18)20;/h3-5,8-10,12,14H,2,6-7,11,13,15-16H2,1H3,(H3,23,24,25);1H. The molecule has 0 heterocycles. The van der Waals surface area contributed by atoms with Crippen molar-refractivity contribution in [3.05, 3.63) is 65.2 Å². The lowest BCUT2D eigenvalue weighted by atomic mass is 9.90. The Hall–Kier alpha value is -2.09. The topological polar surface area (TPSA) is 70.7 Å². The number of hydrogen-bond donors (Lipinski definition) is 2. The minimum atomic E-state index is -0.0267. The Morgan fingerprint density at radius 2 is 1.86 bits per heavy atom. The van der Waals surface area contributed by atoms with Crippen LogP contribution in [-0.2, 0) is 24.2 Å². The van der Waals surface area contributed by atoms with Gasteiger partial charge < -0.3 is 16.0 Å². The average Bonchev–Trinajstić information content (AvgIpc) is 2.71. The zero-order chi connectivity index (χ0) is 19.1. The quantitative estimate of drug-likeness (QED) is 0.365. The summed E-state index contributed by atoms with van der Waals surface area (Å²) < 4.78 is 0. The van der Waals surface area contributed by atoms with Crippen LogP contribution in [0.15, 0.2) is 53.5 Å². The maximum atomic E-state index is 12.5. The van der Waals surface area contributed by atoms with E-state index in [1.807, 2.05) is 49.4 Å². The molecule has 1 amide bonds. The molecule has 0 bridgehead atoms. The molecule has 3 N–H and O–H groups in total. The van der Waals surface area contributed by atoms with Crippen molar-refractivity contribution < 1.29 is 4.79 Å². The van der Waals surface area contributed by atoms with Gasteiger partial charge in [0.15, 0.2) is 5.96 Å². The van der Waals surface area contributed by atoms with E-state index in [1.165, 1.54) is 24.0 Å². The minimum Gasteiger partial charge on any atom is -0.370 e.